The van der Waals surface area contributed by atoms with Crippen LogP contribution in [0.2, 0.25) is 0 Å². The van der Waals surface area contributed by atoms with Crippen LogP contribution >= 0.6 is 11.8 Å². The first-order valence-corrected chi connectivity index (χ1v) is 19.0. The van der Waals surface area contributed by atoms with Crippen LogP contribution < -0.4 is 5.32 Å². The van der Waals surface area contributed by atoms with Crippen LogP contribution in [0.4, 0.5) is 5.69 Å². The molecule has 2 aliphatic heterocycles. The number of fused-ring (bicyclic) bond motifs is 5. The number of hydrogen-bond donors (Lipinski definition) is 1. The fourth-order valence-corrected chi connectivity index (χ4v) is 9.47. The molecule has 3 heterocycles. The minimum Gasteiger partial charge on any atom is -0.372 e. The van der Waals surface area contributed by atoms with Crippen LogP contribution in [-0.2, 0) is 5.41 Å². The topological polar surface area (TPSA) is 48.7 Å². The van der Waals surface area contributed by atoms with Gasteiger partial charge >= 0.3 is 0 Å². The van der Waals surface area contributed by atoms with E-state index in [0.29, 0.717) is 5.56 Å². The van der Waals surface area contributed by atoms with Crippen molar-refractivity contribution in [1.29, 1.82) is 5.26 Å². The molecule has 0 bridgehead atoms. The lowest BCUT2D eigenvalue weighted by atomic mass is 9.64. The lowest BCUT2D eigenvalue weighted by Crippen LogP contribution is -2.34. The van der Waals surface area contributed by atoms with Crippen molar-refractivity contribution < 1.29 is 0 Å². The molecule has 1 unspecified atom stereocenters. The van der Waals surface area contributed by atoms with Crippen molar-refractivity contribution in [2.45, 2.75) is 21.2 Å². The zero-order valence-corrected chi connectivity index (χ0v) is 30.1. The van der Waals surface area contributed by atoms with Gasteiger partial charge in [0, 0.05) is 20.7 Å². The number of benzene rings is 7. The summed E-state index contributed by atoms with van der Waals surface area (Å²) in [5, 5.41) is 14.3. The summed E-state index contributed by atoms with van der Waals surface area (Å²) in [6.07, 6.45) is 4.31. The SMILES string of the molecule is N#Cc1cccc(C2C=Cc3ccc4ccc(-c5cccc(-c6ccc7c(c6)C(c6ccccc6)(c6ccccc6)c6ccccc6S7)c5)nc4c3N2)c1. The molecule has 0 fully saturated rings. The van der Waals surface area contributed by atoms with Crippen LogP contribution in [-0.4, -0.2) is 4.98 Å². The second-order valence-corrected chi connectivity index (χ2v) is 15.0. The van der Waals surface area contributed by atoms with E-state index >= 15 is 0 Å². The second kappa shape index (κ2) is 13.1. The maximum atomic E-state index is 9.50. The molecular formula is C50H33N3S. The van der Waals surface area contributed by atoms with E-state index in [2.05, 4.69) is 181 Å². The van der Waals surface area contributed by atoms with Gasteiger partial charge in [0.15, 0.2) is 0 Å². The number of nitrogens with one attached hydrogen (secondary N) is 1. The Morgan fingerprint density at radius 1 is 0.593 bits per heavy atom. The molecule has 1 atom stereocenters. The van der Waals surface area contributed by atoms with Gasteiger partial charge < -0.3 is 5.32 Å². The molecule has 0 amide bonds. The van der Waals surface area contributed by atoms with Gasteiger partial charge in [0.05, 0.1) is 40.0 Å². The average Bonchev–Trinajstić information content (AvgIpc) is 3.25. The van der Waals surface area contributed by atoms with Gasteiger partial charge in [-0.05, 0) is 87.0 Å². The van der Waals surface area contributed by atoms with Gasteiger partial charge in [-0.1, -0.05) is 157 Å². The minimum atomic E-state index is -0.485. The van der Waals surface area contributed by atoms with Gasteiger partial charge in [-0.3, -0.25) is 0 Å². The van der Waals surface area contributed by atoms with Gasteiger partial charge in [0.1, 0.15) is 0 Å². The van der Waals surface area contributed by atoms with E-state index in [9.17, 15) is 5.26 Å². The lowest BCUT2D eigenvalue weighted by molar-refractivity contribution is 0.703. The van der Waals surface area contributed by atoms with E-state index in [1.54, 1.807) is 0 Å². The van der Waals surface area contributed by atoms with Crippen molar-refractivity contribution in [2.24, 2.45) is 0 Å². The molecule has 0 radical (unpaired) electrons. The Morgan fingerprint density at radius 3 is 2.11 bits per heavy atom. The van der Waals surface area contributed by atoms with Crippen molar-refractivity contribution in [3.05, 3.63) is 221 Å². The Hall–Kier alpha value is -6.67. The highest BCUT2D eigenvalue weighted by Gasteiger charge is 2.44. The molecule has 0 saturated heterocycles. The van der Waals surface area contributed by atoms with Gasteiger partial charge in [-0.2, -0.15) is 5.26 Å². The Kier molecular flexibility index (Phi) is 7.75. The number of pyridine rings is 1. The van der Waals surface area contributed by atoms with Crippen molar-refractivity contribution in [3.63, 3.8) is 0 Å². The normalized spacial score (nSPS) is 15.0. The molecule has 2 aliphatic rings. The number of nitrogens with zero attached hydrogens (tertiary/aromatic N) is 2. The van der Waals surface area contributed by atoms with Crippen molar-refractivity contribution in [2.75, 3.05) is 5.32 Å². The first kappa shape index (κ1) is 32.0. The maximum Gasteiger partial charge on any atom is 0.0991 e. The molecule has 8 aromatic rings. The first-order valence-electron chi connectivity index (χ1n) is 18.2. The molecule has 1 N–H and O–H groups in total. The standard InChI is InChI=1S/C50H33N3S/c51-32-33-11-9-13-38(29-33)44-26-23-34-21-22-35-24-27-45(53-49(35)48(34)52-44)39-14-10-12-36(30-39)37-25-28-47-43(31-37)50(40-15-3-1-4-16-40,41-17-5-2-6-18-41)42-19-7-8-20-46(42)54-47/h1-31,44,52H. The number of hydrogen-bond acceptors (Lipinski definition) is 4. The number of anilines is 1. The molecule has 3 nitrogen and oxygen atoms in total. The Morgan fingerprint density at radius 2 is 1.30 bits per heavy atom. The summed E-state index contributed by atoms with van der Waals surface area (Å²) in [5.41, 5.74) is 13.6. The molecule has 0 aliphatic carbocycles. The summed E-state index contributed by atoms with van der Waals surface area (Å²) in [7, 11) is 0. The molecule has 10 rings (SSSR count). The van der Waals surface area contributed by atoms with E-state index in [0.717, 1.165) is 44.5 Å². The van der Waals surface area contributed by atoms with Gasteiger partial charge in [-0.15, -0.1) is 0 Å². The summed E-state index contributed by atoms with van der Waals surface area (Å²) < 4.78 is 0. The molecular weight excluding hydrogens is 675 g/mol. The molecule has 1 aromatic heterocycles. The Labute approximate surface area is 319 Å². The Bertz CT molecular complexity index is 2760. The first-order chi connectivity index (χ1) is 26.7. The zero-order valence-electron chi connectivity index (χ0n) is 29.3. The van der Waals surface area contributed by atoms with E-state index in [-0.39, 0.29) is 6.04 Å². The van der Waals surface area contributed by atoms with Crippen LogP contribution in [0.1, 0.15) is 45.0 Å². The van der Waals surface area contributed by atoms with Crippen molar-refractivity contribution in [3.8, 4) is 28.5 Å². The van der Waals surface area contributed by atoms with E-state index in [1.165, 1.54) is 37.6 Å². The summed E-state index contributed by atoms with van der Waals surface area (Å²) in [6, 6.07) is 65.1. The van der Waals surface area contributed by atoms with Gasteiger partial charge in [0.2, 0.25) is 0 Å². The third-order valence-electron chi connectivity index (χ3n) is 10.8. The highest BCUT2D eigenvalue weighted by atomic mass is 32.2. The second-order valence-electron chi connectivity index (χ2n) is 13.9. The van der Waals surface area contributed by atoms with E-state index < -0.39 is 5.41 Å². The third kappa shape index (κ3) is 5.24. The third-order valence-corrected chi connectivity index (χ3v) is 12.0. The van der Waals surface area contributed by atoms with Crippen LogP contribution in [0.3, 0.4) is 0 Å². The van der Waals surface area contributed by atoms with Gasteiger partial charge in [-0.25, -0.2) is 4.98 Å². The van der Waals surface area contributed by atoms with Crippen LogP contribution in [0.25, 0.3) is 39.4 Å². The summed E-state index contributed by atoms with van der Waals surface area (Å²) >= 11 is 1.86. The van der Waals surface area contributed by atoms with Crippen molar-refractivity contribution in [1.82, 2.24) is 4.98 Å². The lowest BCUT2D eigenvalue weighted by Gasteiger charge is -2.42. The highest BCUT2D eigenvalue weighted by Crippen LogP contribution is 2.56. The Balaban J connectivity index is 1.08. The minimum absolute atomic E-state index is 0.0572. The zero-order chi connectivity index (χ0) is 36.1. The predicted octanol–water partition coefficient (Wildman–Crippen LogP) is 12.5. The molecule has 254 valence electrons. The van der Waals surface area contributed by atoms with Crippen molar-refractivity contribution >= 4 is 34.4 Å². The quantitative estimate of drug-likeness (QED) is 0.193. The summed E-state index contributed by atoms with van der Waals surface area (Å²) in [4.78, 5) is 7.85. The van der Waals surface area contributed by atoms with Crippen LogP contribution in [0, 0.1) is 11.3 Å². The fraction of sp³-hybridized carbons (Fsp3) is 0.0400. The smallest absolute Gasteiger partial charge is 0.0991 e. The summed E-state index contributed by atoms with van der Waals surface area (Å²) in [6.45, 7) is 0. The largest absolute Gasteiger partial charge is 0.372 e. The molecule has 0 saturated carbocycles. The summed E-state index contributed by atoms with van der Waals surface area (Å²) in [5.74, 6) is 0. The molecule has 7 aromatic carbocycles. The monoisotopic (exact) mass is 707 g/mol. The van der Waals surface area contributed by atoms with Gasteiger partial charge in [0.25, 0.3) is 0 Å². The van der Waals surface area contributed by atoms with E-state index in [4.69, 9.17) is 4.98 Å². The number of aromatic nitrogens is 1. The fourth-order valence-electron chi connectivity index (χ4n) is 8.30. The molecule has 4 heteroatoms. The predicted molar refractivity (Wildman–Crippen MR) is 222 cm³/mol. The molecule has 54 heavy (non-hydrogen) atoms. The van der Waals surface area contributed by atoms with Crippen LogP contribution in [0.15, 0.2) is 192 Å². The average molecular weight is 708 g/mol. The number of rotatable bonds is 5. The van der Waals surface area contributed by atoms with E-state index in [1.807, 2.05) is 30.0 Å². The highest BCUT2D eigenvalue weighted by molar-refractivity contribution is 7.99. The maximum absolute atomic E-state index is 9.50. The molecule has 0 spiro atoms. The number of nitriles is 1. The van der Waals surface area contributed by atoms with Crippen LogP contribution in [0.5, 0.6) is 0 Å².